The van der Waals surface area contributed by atoms with Crippen LogP contribution in [0.4, 0.5) is 11.5 Å². The van der Waals surface area contributed by atoms with E-state index in [0.29, 0.717) is 0 Å². The number of aromatic nitrogens is 2. The second-order valence-electron chi connectivity index (χ2n) is 7.08. The van der Waals surface area contributed by atoms with E-state index in [9.17, 15) is 0 Å². The van der Waals surface area contributed by atoms with Crippen LogP contribution in [0, 0.1) is 27.7 Å². The van der Waals surface area contributed by atoms with Crippen LogP contribution in [-0.2, 0) is 0 Å². The Hall–Kier alpha value is -3.27. The third-order valence-corrected chi connectivity index (χ3v) is 4.65. The highest BCUT2D eigenvalue weighted by Gasteiger charge is 2.16. The van der Waals surface area contributed by atoms with Crippen molar-refractivity contribution in [1.29, 1.82) is 0 Å². The zero-order valence-electron chi connectivity index (χ0n) is 16.1. The minimum atomic E-state index is 0.754. The molecule has 0 aliphatic heterocycles. The van der Waals surface area contributed by atoms with Gasteiger partial charge in [0.1, 0.15) is 11.3 Å². The molecule has 0 amide bonds. The number of fused-ring (bicyclic) bond motifs is 1. The molecule has 0 spiro atoms. The van der Waals surface area contributed by atoms with Crippen LogP contribution in [0.5, 0.6) is 0 Å². The molecule has 134 valence electrons. The highest BCUT2D eigenvalue weighted by atomic mass is 15.2. The Morgan fingerprint density at radius 2 is 1.56 bits per heavy atom. The van der Waals surface area contributed by atoms with Crippen LogP contribution in [0.15, 0.2) is 71.0 Å². The molecule has 0 fully saturated rings. The molecular weight excluding hydrogens is 332 g/mol. The molecule has 0 atom stereocenters. The molecule has 2 aromatic heterocycles. The maximum absolute atomic E-state index is 4.87. The molecule has 4 heteroatoms. The van der Waals surface area contributed by atoms with Crippen molar-refractivity contribution in [1.82, 2.24) is 9.38 Å². The lowest BCUT2D eigenvalue weighted by Gasteiger charge is -2.05. The minimum Gasteiger partial charge on any atom is -0.282 e. The predicted molar refractivity (Wildman–Crippen MR) is 110 cm³/mol. The number of pyridine rings is 1. The van der Waals surface area contributed by atoms with Gasteiger partial charge in [-0.15, -0.1) is 10.2 Å². The lowest BCUT2D eigenvalue weighted by atomic mass is 10.0. The van der Waals surface area contributed by atoms with E-state index in [1.54, 1.807) is 0 Å². The van der Waals surface area contributed by atoms with Gasteiger partial charge in [0.2, 0.25) is 0 Å². The summed E-state index contributed by atoms with van der Waals surface area (Å²) in [6, 6.07) is 18.5. The third kappa shape index (κ3) is 3.38. The van der Waals surface area contributed by atoms with Crippen LogP contribution in [0.25, 0.3) is 16.9 Å². The topological polar surface area (TPSA) is 42.0 Å². The monoisotopic (exact) mass is 354 g/mol. The first-order valence-electron chi connectivity index (χ1n) is 9.06. The summed E-state index contributed by atoms with van der Waals surface area (Å²) in [4.78, 5) is 4.87. The van der Waals surface area contributed by atoms with Gasteiger partial charge < -0.3 is 0 Å². The molecule has 4 rings (SSSR count). The number of benzene rings is 2. The van der Waals surface area contributed by atoms with Gasteiger partial charge in [0.05, 0.1) is 5.69 Å². The number of rotatable bonds is 3. The zero-order valence-corrected chi connectivity index (χ0v) is 16.1. The largest absolute Gasteiger partial charge is 0.282 e. The number of aryl methyl sites for hydroxylation is 4. The molecule has 27 heavy (non-hydrogen) atoms. The molecule has 0 aliphatic rings. The highest BCUT2D eigenvalue weighted by molar-refractivity contribution is 5.77. The molecule has 0 N–H and O–H groups in total. The van der Waals surface area contributed by atoms with Gasteiger partial charge in [0.15, 0.2) is 5.82 Å². The molecule has 0 aliphatic carbocycles. The standard InChI is InChI=1S/C23H22N4/c1-15-6-5-7-19(12-15)25-26-23-22(20-13-16(2)8-10-18(20)4)24-21-11-9-17(3)14-27(21)23/h5-14H,1-4H3. The summed E-state index contributed by atoms with van der Waals surface area (Å²) in [6.07, 6.45) is 2.06. The van der Waals surface area contributed by atoms with Crippen LogP contribution >= 0.6 is 0 Å². The van der Waals surface area contributed by atoms with Crippen LogP contribution < -0.4 is 0 Å². The van der Waals surface area contributed by atoms with E-state index < -0.39 is 0 Å². The van der Waals surface area contributed by atoms with Crippen molar-refractivity contribution in [2.24, 2.45) is 10.2 Å². The molecule has 0 saturated heterocycles. The van der Waals surface area contributed by atoms with E-state index in [1.165, 1.54) is 11.1 Å². The third-order valence-electron chi connectivity index (χ3n) is 4.65. The summed E-state index contributed by atoms with van der Waals surface area (Å²) in [7, 11) is 0. The normalized spacial score (nSPS) is 11.6. The molecule has 0 bridgehead atoms. The van der Waals surface area contributed by atoms with Gasteiger partial charge in [-0.3, -0.25) is 4.40 Å². The molecule has 0 saturated carbocycles. The van der Waals surface area contributed by atoms with E-state index in [-0.39, 0.29) is 0 Å². The van der Waals surface area contributed by atoms with Crippen molar-refractivity contribution in [2.75, 3.05) is 0 Å². The molecule has 2 aromatic carbocycles. The van der Waals surface area contributed by atoms with Gasteiger partial charge in [0.25, 0.3) is 0 Å². The van der Waals surface area contributed by atoms with Crippen molar-refractivity contribution in [2.45, 2.75) is 27.7 Å². The van der Waals surface area contributed by atoms with Crippen molar-refractivity contribution in [3.63, 3.8) is 0 Å². The minimum absolute atomic E-state index is 0.754. The van der Waals surface area contributed by atoms with Gasteiger partial charge in [-0.2, -0.15) is 0 Å². The van der Waals surface area contributed by atoms with E-state index in [0.717, 1.165) is 39.5 Å². The first-order chi connectivity index (χ1) is 13.0. The molecule has 0 radical (unpaired) electrons. The Kier molecular flexibility index (Phi) is 4.32. The van der Waals surface area contributed by atoms with Gasteiger partial charge in [-0.05, 0) is 68.7 Å². The molecule has 4 aromatic rings. The predicted octanol–water partition coefficient (Wildman–Crippen LogP) is 6.65. The number of hydrogen-bond donors (Lipinski definition) is 0. The summed E-state index contributed by atoms with van der Waals surface area (Å²) in [6.45, 7) is 8.32. The maximum atomic E-state index is 4.87. The van der Waals surface area contributed by atoms with E-state index in [2.05, 4.69) is 74.5 Å². The number of imidazole rings is 1. The molecule has 2 heterocycles. The summed E-state index contributed by atoms with van der Waals surface area (Å²) in [5.41, 5.74) is 8.35. The van der Waals surface area contributed by atoms with Crippen LogP contribution in [0.2, 0.25) is 0 Å². The van der Waals surface area contributed by atoms with Crippen molar-refractivity contribution < 1.29 is 0 Å². The lowest BCUT2D eigenvalue weighted by molar-refractivity contribution is 1.09. The SMILES string of the molecule is Cc1cccc(N=Nc2c(-c3cc(C)ccc3C)nc3ccc(C)cn23)c1. The van der Waals surface area contributed by atoms with Crippen LogP contribution in [-0.4, -0.2) is 9.38 Å². The second kappa shape index (κ2) is 6.80. The number of azo groups is 1. The molecule has 4 nitrogen and oxygen atoms in total. The Morgan fingerprint density at radius 3 is 2.37 bits per heavy atom. The molecular formula is C23H22N4. The van der Waals surface area contributed by atoms with Gasteiger partial charge in [-0.25, -0.2) is 4.98 Å². The maximum Gasteiger partial charge on any atom is 0.187 e. The fourth-order valence-corrected chi connectivity index (χ4v) is 3.20. The Balaban J connectivity index is 1.94. The van der Waals surface area contributed by atoms with Crippen molar-refractivity contribution >= 4 is 17.2 Å². The Morgan fingerprint density at radius 1 is 0.778 bits per heavy atom. The van der Waals surface area contributed by atoms with Gasteiger partial charge in [-0.1, -0.05) is 35.9 Å². The summed E-state index contributed by atoms with van der Waals surface area (Å²) in [5, 5.41) is 9.11. The average molecular weight is 354 g/mol. The van der Waals surface area contributed by atoms with E-state index in [4.69, 9.17) is 4.98 Å². The zero-order chi connectivity index (χ0) is 19.0. The fraction of sp³-hybridized carbons (Fsp3) is 0.174. The van der Waals surface area contributed by atoms with Crippen molar-refractivity contribution in [3.8, 4) is 11.3 Å². The fourth-order valence-electron chi connectivity index (χ4n) is 3.20. The lowest BCUT2D eigenvalue weighted by Crippen LogP contribution is -1.86. The van der Waals surface area contributed by atoms with Crippen LogP contribution in [0.3, 0.4) is 0 Å². The van der Waals surface area contributed by atoms with Gasteiger partial charge >= 0.3 is 0 Å². The highest BCUT2D eigenvalue weighted by Crippen LogP contribution is 2.34. The number of hydrogen-bond acceptors (Lipinski definition) is 3. The van der Waals surface area contributed by atoms with E-state index >= 15 is 0 Å². The second-order valence-corrected chi connectivity index (χ2v) is 7.08. The smallest absolute Gasteiger partial charge is 0.187 e. The number of nitrogens with zero attached hydrogens (tertiary/aromatic N) is 4. The first kappa shape index (κ1) is 17.2. The Bertz CT molecular complexity index is 1170. The summed E-state index contributed by atoms with van der Waals surface area (Å²) in [5.74, 6) is 0.754. The molecule has 0 unspecified atom stereocenters. The quantitative estimate of drug-likeness (QED) is 0.380. The van der Waals surface area contributed by atoms with Crippen LogP contribution in [0.1, 0.15) is 22.3 Å². The van der Waals surface area contributed by atoms with Gasteiger partial charge in [0, 0.05) is 11.8 Å². The summed E-state index contributed by atoms with van der Waals surface area (Å²) >= 11 is 0. The van der Waals surface area contributed by atoms with E-state index in [1.807, 2.05) is 28.7 Å². The summed E-state index contributed by atoms with van der Waals surface area (Å²) < 4.78 is 2.02. The Labute approximate surface area is 159 Å². The first-order valence-corrected chi connectivity index (χ1v) is 9.06. The van der Waals surface area contributed by atoms with Crippen molar-refractivity contribution in [3.05, 3.63) is 83.0 Å². The average Bonchev–Trinajstić information content (AvgIpc) is 2.99.